The van der Waals surface area contributed by atoms with Crippen LogP contribution >= 0.6 is 0 Å². The lowest BCUT2D eigenvalue weighted by Gasteiger charge is -2.13. The number of fused-ring (bicyclic) bond motifs is 3. The molecule has 0 aliphatic carbocycles. The zero-order valence-corrected chi connectivity index (χ0v) is 15.9. The number of ether oxygens (including phenoxy) is 3. The molecule has 0 unspecified atom stereocenters. The second-order valence-electron chi connectivity index (χ2n) is 6.47. The van der Waals surface area contributed by atoms with Gasteiger partial charge in [-0.1, -0.05) is 18.2 Å². The summed E-state index contributed by atoms with van der Waals surface area (Å²) in [6.07, 6.45) is 0. The zero-order chi connectivity index (χ0) is 19.7. The van der Waals surface area contributed by atoms with Crippen molar-refractivity contribution in [1.82, 2.24) is 0 Å². The fourth-order valence-corrected chi connectivity index (χ4v) is 3.35. The number of rotatable bonds is 5. The molecule has 5 heteroatoms. The average molecular weight is 376 g/mol. The largest absolute Gasteiger partial charge is 0.497 e. The number of aryl methyl sites for hydroxylation is 1. The molecule has 1 aromatic heterocycles. The smallest absolute Gasteiger partial charge is 0.344 e. The van der Waals surface area contributed by atoms with Crippen molar-refractivity contribution >= 4 is 21.7 Å². The maximum absolute atomic E-state index is 12.5. The second kappa shape index (κ2) is 7.27. The number of hydrogen-bond donors (Lipinski definition) is 0. The summed E-state index contributed by atoms with van der Waals surface area (Å²) in [7, 11) is 3.20. The molecule has 0 atom stereocenters. The number of para-hydroxylation sites is 1. The third-order valence-corrected chi connectivity index (χ3v) is 4.86. The molecular weight excluding hydrogens is 356 g/mol. The minimum atomic E-state index is -0.397. The summed E-state index contributed by atoms with van der Waals surface area (Å²) in [5, 5.41) is 2.18. The molecule has 3 aromatic carbocycles. The van der Waals surface area contributed by atoms with E-state index in [1.165, 1.54) is 0 Å². The van der Waals surface area contributed by atoms with Crippen molar-refractivity contribution in [2.45, 2.75) is 13.5 Å². The van der Waals surface area contributed by atoms with Gasteiger partial charge in [0, 0.05) is 21.9 Å². The Morgan fingerprint density at radius 2 is 1.64 bits per heavy atom. The normalized spacial score (nSPS) is 11.0. The van der Waals surface area contributed by atoms with Crippen molar-refractivity contribution in [2.75, 3.05) is 14.2 Å². The molecule has 4 aromatic rings. The van der Waals surface area contributed by atoms with Gasteiger partial charge >= 0.3 is 5.63 Å². The van der Waals surface area contributed by atoms with E-state index in [1.807, 2.05) is 55.5 Å². The summed E-state index contributed by atoms with van der Waals surface area (Å²) >= 11 is 0. The summed E-state index contributed by atoms with van der Waals surface area (Å²) in [4.78, 5) is 12.5. The van der Waals surface area contributed by atoms with E-state index in [-0.39, 0.29) is 0 Å². The summed E-state index contributed by atoms with van der Waals surface area (Å²) in [5.41, 5.74) is 1.85. The van der Waals surface area contributed by atoms with Gasteiger partial charge in [0.2, 0.25) is 0 Å². The second-order valence-corrected chi connectivity index (χ2v) is 6.47. The molecule has 0 fully saturated rings. The van der Waals surface area contributed by atoms with Gasteiger partial charge in [-0.05, 0) is 43.3 Å². The third kappa shape index (κ3) is 3.05. The molecule has 0 amide bonds. The van der Waals surface area contributed by atoms with E-state index in [0.29, 0.717) is 29.1 Å². The Hall–Kier alpha value is -3.47. The number of methoxy groups -OCH3 is 2. The minimum absolute atomic E-state index is 0.353. The molecule has 0 saturated carbocycles. The Labute approximate surface area is 162 Å². The van der Waals surface area contributed by atoms with E-state index in [9.17, 15) is 4.79 Å². The molecule has 5 nitrogen and oxygen atoms in total. The van der Waals surface area contributed by atoms with Gasteiger partial charge in [0.15, 0.2) is 0 Å². The van der Waals surface area contributed by atoms with E-state index in [4.69, 9.17) is 18.6 Å². The van der Waals surface area contributed by atoms with Crippen LogP contribution in [0.25, 0.3) is 21.7 Å². The van der Waals surface area contributed by atoms with Crippen LogP contribution < -0.4 is 19.8 Å². The predicted molar refractivity (Wildman–Crippen MR) is 109 cm³/mol. The summed E-state index contributed by atoms with van der Waals surface area (Å²) in [6, 6.07) is 16.9. The van der Waals surface area contributed by atoms with Gasteiger partial charge in [-0.25, -0.2) is 4.79 Å². The fourth-order valence-electron chi connectivity index (χ4n) is 3.35. The third-order valence-electron chi connectivity index (χ3n) is 4.86. The van der Waals surface area contributed by atoms with Crippen molar-refractivity contribution in [1.29, 1.82) is 0 Å². The van der Waals surface area contributed by atoms with Crippen molar-refractivity contribution in [3.63, 3.8) is 0 Å². The van der Waals surface area contributed by atoms with Crippen LogP contribution in [0, 0.1) is 6.92 Å². The molecule has 0 saturated heterocycles. The molecule has 142 valence electrons. The lowest BCUT2D eigenvalue weighted by Crippen LogP contribution is -2.03. The molecule has 4 rings (SSSR count). The Kier molecular flexibility index (Phi) is 4.65. The zero-order valence-electron chi connectivity index (χ0n) is 15.9. The van der Waals surface area contributed by atoms with E-state index in [0.717, 1.165) is 27.6 Å². The van der Waals surface area contributed by atoms with Crippen molar-refractivity contribution in [2.24, 2.45) is 0 Å². The first kappa shape index (κ1) is 17.9. The summed E-state index contributed by atoms with van der Waals surface area (Å²) < 4.78 is 22.2. The van der Waals surface area contributed by atoms with Crippen LogP contribution in [-0.4, -0.2) is 14.2 Å². The molecule has 0 N–H and O–H groups in total. The topological polar surface area (TPSA) is 57.9 Å². The van der Waals surface area contributed by atoms with Crippen LogP contribution in [0.4, 0.5) is 0 Å². The lowest BCUT2D eigenvalue weighted by atomic mass is 10.0. The first-order chi connectivity index (χ1) is 13.6. The SMILES string of the molecule is COc1ccc2c(c1)c(=O)oc1c(C)c(OCc3ccccc3OC)ccc12. The highest BCUT2D eigenvalue weighted by molar-refractivity contribution is 6.05. The Bertz CT molecular complexity index is 1220. The highest BCUT2D eigenvalue weighted by Crippen LogP contribution is 2.32. The van der Waals surface area contributed by atoms with E-state index < -0.39 is 5.63 Å². The van der Waals surface area contributed by atoms with Crippen LogP contribution in [0.1, 0.15) is 11.1 Å². The van der Waals surface area contributed by atoms with E-state index in [1.54, 1.807) is 20.3 Å². The predicted octanol–water partition coefficient (Wildman–Crippen LogP) is 4.85. The molecule has 28 heavy (non-hydrogen) atoms. The monoisotopic (exact) mass is 376 g/mol. The van der Waals surface area contributed by atoms with Crippen molar-refractivity contribution in [3.8, 4) is 17.2 Å². The average Bonchev–Trinajstić information content (AvgIpc) is 2.74. The molecular formula is C23H20O5. The highest BCUT2D eigenvalue weighted by atomic mass is 16.5. The Balaban J connectivity index is 1.76. The molecule has 1 heterocycles. The van der Waals surface area contributed by atoms with Gasteiger partial charge in [0.25, 0.3) is 0 Å². The molecule has 0 radical (unpaired) electrons. The molecule has 0 aliphatic heterocycles. The van der Waals surface area contributed by atoms with Crippen LogP contribution in [0.3, 0.4) is 0 Å². The maximum Gasteiger partial charge on any atom is 0.344 e. The van der Waals surface area contributed by atoms with Crippen molar-refractivity contribution in [3.05, 3.63) is 76.1 Å². The Morgan fingerprint density at radius 1 is 0.857 bits per heavy atom. The highest BCUT2D eigenvalue weighted by Gasteiger charge is 2.14. The van der Waals surface area contributed by atoms with Crippen LogP contribution in [0.2, 0.25) is 0 Å². The first-order valence-corrected chi connectivity index (χ1v) is 8.91. The van der Waals surface area contributed by atoms with E-state index in [2.05, 4.69) is 0 Å². The van der Waals surface area contributed by atoms with E-state index >= 15 is 0 Å². The summed E-state index contributed by atoms with van der Waals surface area (Å²) in [5.74, 6) is 2.05. The van der Waals surface area contributed by atoms with Crippen LogP contribution in [0.5, 0.6) is 17.2 Å². The van der Waals surface area contributed by atoms with Crippen LogP contribution in [-0.2, 0) is 6.61 Å². The van der Waals surface area contributed by atoms with Crippen LogP contribution in [0.15, 0.2) is 63.8 Å². The van der Waals surface area contributed by atoms with Gasteiger partial charge in [-0.2, -0.15) is 0 Å². The fraction of sp³-hybridized carbons (Fsp3) is 0.174. The standard InChI is InChI=1S/C23H20O5/c1-14-20(27-13-15-6-4-5-7-21(15)26-3)11-10-18-17-9-8-16(25-2)12-19(17)23(24)28-22(14)18/h4-12H,13H2,1-3H3. The quantitative estimate of drug-likeness (QED) is 0.368. The van der Waals surface area contributed by atoms with Gasteiger partial charge < -0.3 is 18.6 Å². The Morgan fingerprint density at radius 3 is 2.43 bits per heavy atom. The van der Waals surface area contributed by atoms with Gasteiger partial charge in [-0.3, -0.25) is 0 Å². The molecule has 0 bridgehead atoms. The van der Waals surface area contributed by atoms with Gasteiger partial charge in [0.1, 0.15) is 29.4 Å². The van der Waals surface area contributed by atoms with Gasteiger partial charge in [0.05, 0.1) is 19.6 Å². The number of benzene rings is 3. The minimum Gasteiger partial charge on any atom is -0.497 e. The molecule has 0 spiro atoms. The number of hydrogen-bond acceptors (Lipinski definition) is 5. The van der Waals surface area contributed by atoms with Gasteiger partial charge in [-0.15, -0.1) is 0 Å². The van der Waals surface area contributed by atoms with Crippen molar-refractivity contribution < 1.29 is 18.6 Å². The first-order valence-electron chi connectivity index (χ1n) is 8.91. The maximum atomic E-state index is 12.5. The lowest BCUT2D eigenvalue weighted by molar-refractivity contribution is 0.295. The molecule has 0 aliphatic rings. The summed E-state index contributed by atoms with van der Waals surface area (Å²) in [6.45, 7) is 2.24.